The molecule has 3 atom stereocenters. The Bertz CT molecular complexity index is 586. The van der Waals surface area contributed by atoms with Crippen molar-refractivity contribution in [2.45, 2.75) is 38.1 Å². The van der Waals surface area contributed by atoms with Gasteiger partial charge < -0.3 is 4.74 Å². The molecule has 3 unspecified atom stereocenters. The van der Waals surface area contributed by atoms with Gasteiger partial charge in [-0.05, 0) is 18.4 Å². The summed E-state index contributed by atoms with van der Waals surface area (Å²) in [7, 11) is 0. The Labute approximate surface area is 102 Å². The topological polar surface area (TPSA) is 113 Å². The second kappa shape index (κ2) is 5.07. The Hall–Kier alpha value is -2.05. The van der Waals surface area contributed by atoms with Gasteiger partial charge >= 0.3 is 5.69 Å². The first-order chi connectivity index (χ1) is 8.65. The van der Waals surface area contributed by atoms with Crippen LogP contribution in [-0.4, -0.2) is 21.7 Å². The molecule has 0 aromatic carbocycles. The molecule has 0 aliphatic carbocycles. The summed E-state index contributed by atoms with van der Waals surface area (Å²) in [5.41, 5.74) is 7.48. The fraction of sp³-hybridized carbons (Fsp3) is 0.600. The molecular formula is C10H13N5O3. The molecule has 0 radical (unpaired) electrons. The van der Waals surface area contributed by atoms with Gasteiger partial charge in [0.1, 0.15) is 6.23 Å². The minimum atomic E-state index is -0.657. The summed E-state index contributed by atoms with van der Waals surface area (Å²) in [5.74, 6) is 0. The van der Waals surface area contributed by atoms with Crippen LogP contribution in [0.25, 0.3) is 10.4 Å². The fourth-order valence-electron chi connectivity index (χ4n) is 2.04. The number of hydrogen-bond acceptors (Lipinski definition) is 4. The van der Waals surface area contributed by atoms with E-state index in [1.165, 1.54) is 16.8 Å². The van der Waals surface area contributed by atoms with Gasteiger partial charge in [0.25, 0.3) is 5.56 Å². The van der Waals surface area contributed by atoms with Crippen molar-refractivity contribution in [1.82, 2.24) is 9.55 Å². The molecule has 8 nitrogen and oxygen atoms in total. The molecule has 2 rings (SSSR count). The minimum Gasteiger partial charge on any atom is -0.354 e. The SMILES string of the molecule is CCC1CC(N=[N+]=[N-])C(n2ccc(=O)[nH]c2=O)O1. The molecular weight excluding hydrogens is 238 g/mol. The van der Waals surface area contributed by atoms with Crippen LogP contribution < -0.4 is 11.2 Å². The lowest BCUT2D eigenvalue weighted by Crippen LogP contribution is -2.34. The Morgan fingerprint density at radius 1 is 1.67 bits per heavy atom. The predicted octanol–water partition coefficient (Wildman–Crippen LogP) is 0.913. The molecule has 0 amide bonds. The van der Waals surface area contributed by atoms with Crippen LogP contribution >= 0.6 is 0 Å². The number of aromatic nitrogens is 2. The van der Waals surface area contributed by atoms with E-state index in [0.717, 1.165) is 6.42 Å². The van der Waals surface area contributed by atoms with E-state index in [1.54, 1.807) is 0 Å². The maximum Gasteiger partial charge on any atom is 0.330 e. The van der Waals surface area contributed by atoms with E-state index in [9.17, 15) is 9.59 Å². The van der Waals surface area contributed by atoms with Crippen LogP contribution in [0.1, 0.15) is 26.0 Å². The summed E-state index contributed by atoms with van der Waals surface area (Å²) in [6.07, 6.45) is 1.98. The van der Waals surface area contributed by atoms with E-state index in [-0.39, 0.29) is 6.10 Å². The van der Waals surface area contributed by atoms with Crippen molar-refractivity contribution < 1.29 is 4.74 Å². The Morgan fingerprint density at radius 2 is 2.44 bits per heavy atom. The summed E-state index contributed by atoms with van der Waals surface area (Å²) in [4.78, 5) is 27.6. The normalized spacial score (nSPS) is 26.8. The quantitative estimate of drug-likeness (QED) is 0.489. The summed E-state index contributed by atoms with van der Waals surface area (Å²) in [6, 6.07) is 0.792. The van der Waals surface area contributed by atoms with Crippen LogP contribution in [0.15, 0.2) is 27.0 Å². The monoisotopic (exact) mass is 251 g/mol. The number of hydrogen-bond donors (Lipinski definition) is 1. The second-order valence-corrected chi connectivity index (χ2v) is 4.08. The number of nitrogens with one attached hydrogen (secondary N) is 1. The van der Waals surface area contributed by atoms with Crippen LogP contribution in [0.3, 0.4) is 0 Å². The van der Waals surface area contributed by atoms with Crippen molar-refractivity contribution in [2.75, 3.05) is 0 Å². The molecule has 1 N–H and O–H groups in total. The highest BCUT2D eigenvalue weighted by Gasteiger charge is 2.35. The molecule has 96 valence electrons. The first-order valence-electron chi connectivity index (χ1n) is 5.67. The van der Waals surface area contributed by atoms with Gasteiger partial charge in [0.2, 0.25) is 0 Å². The zero-order valence-corrected chi connectivity index (χ0v) is 9.81. The largest absolute Gasteiger partial charge is 0.354 e. The molecule has 1 saturated heterocycles. The van der Waals surface area contributed by atoms with Crippen molar-refractivity contribution in [1.29, 1.82) is 0 Å². The zero-order valence-electron chi connectivity index (χ0n) is 9.81. The molecule has 1 aromatic rings. The Morgan fingerprint density at radius 3 is 3.06 bits per heavy atom. The van der Waals surface area contributed by atoms with Crippen molar-refractivity contribution in [3.05, 3.63) is 43.5 Å². The second-order valence-electron chi connectivity index (χ2n) is 4.08. The van der Waals surface area contributed by atoms with E-state index in [4.69, 9.17) is 10.3 Å². The summed E-state index contributed by atoms with van der Waals surface area (Å²) in [5, 5.41) is 3.65. The summed E-state index contributed by atoms with van der Waals surface area (Å²) in [6.45, 7) is 1.95. The maximum atomic E-state index is 11.7. The van der Waals surface area contributed by atoms with E-state index < -0.39 is 23.5 Å². The molecule has 2 heterocycles. The average Bonchev–Trinajstić information content (AvgIpc) is 2.73. The molecule has 1 fully saturated rings. The van der Waals surface area contributed by atoms with Gasteiger partial charge in [0.15, 0.2) is 0 Å². The lowest BCUT2D eigenvalue weighted by atomic mass is 10.1. The van der Waals surface area contributed by atoms with Crippen LogP contribution in [0, 0.1) is 0 Å². The number of H-pyrrole nitrogens is 1. The van der Waals surface area contributed by atoms with Gasteiger partial charge in [-0.3, -0.25) is 14.3 Å². The number of aromatic amines is 1. The summed E-state index contributed by atoms with van der Waals surface area (Å²) < 4.78 is 6.91. The molecule has 0 saturated carbocycles. The third-order valence-electron chi connectivity index (χ3n) is 2.95. The number of ether oxygens (including phenoxy) is 1. The Kier molecular flexibility index (Phi) is 3.50. The van der Waals surface area contributed by atoms with E-state index in [1.807, 2.05) is 6.92 Å². The van der Waals surface area contributed by atoms with Crippen LogP contribution in [0.5, 0.6) is 0 Å². The standard InChI is InChI=1S/C10H13N5O3/c1-2-6-5-7(13-14-11)9(18-6)15-4-3-8(16)12-10(15)17/h3-4,6-7,9H,2,5H2,1H3,(H,12,16,17). The highest BCUT2D eigenvalue weighted by molar-refractivity contribution is 4.91. The van der Waals surface area contributed by atoms with Crippen molar-refractivity contribution in [2.24, 2.45) is 5.11 Å². The third kappa shape index (κ3) is 2.29. The first kappa shape index (κ1) is 12.4. The number of azide groups is 1. The molecule has 1 aromatic heterocycles. The van der Waals surface area contributed by atoms with Crippen LogP contribution in [0.4, 0.5) is 0 Å². The van der Waals surface area contributed by atoms with E-state index in [0.29, 0.717) is 6.42 Å². The van der Waals surface area contributed by atoms with Crippen LogP contribution in [-0.2, 0) is 4.74 Å². The number of rotatable bonds is 3. The molecule has 0 spiro atoms. The molecule has 1 aliphatic heterocycles. The van der Waals surface area contributed by atoms with Gasteiger partial charge in [0, 0.05) is 17.2 Å². The van der Waals surface area contributed by atoms with E-state index in [2.05, 4.69) is 15.0 Å². The molecule has 0 bridgehead atoms. The Balaban J connectivity index is 2.38. The lowest BCUT2D eigenvalue weighted by molar-refractivity contribution is -0.00654. The van der Waals surface area contributed by atoms with Crippen molar-refractivity contribution in [3.63, 3.8) is 0 Å². The summed E-state index contributed by atoms with van der Waals surface area (Å²) >= 11 is 0. The average molecular weight is 251 g/mol. The van der Waals surface area contributed by atoms with Crippen molar-refractivity contribution in [3.8, 4) is 0 Å². The smallest absolute Gasteiger partial charge is 0.330 e. The molecule has 1 aliphatic rings. The first-order valence-corrected chi connectivity index (χ1v) is 5.67. The van der Waals surface area contributed by atoms with Gasteiger partial charge in [-0.15, -0.1) is 0 Å². The van der Waals surface area contributed by atoms with Crippen LogP contribution in [0.2, 0.25) is 0 Å². The highest BCUT2D eigenvalue weighted by Crippen LogP contribution is 2.31. The van der Waals surface area contributed by atoms with Gasteiger partial charge in [-0.25, -0.2) is 4.79 Å². The third-order valence-corrected chi connectivity index (χ3v) is 2.95. The molecule has 18 heavy (non-hydrogen) atoms. The number of nitrogens with zero attached hydrogens (tertiary/aromatic N) is 4. The maximum absolute atomic E-state index is 11.7. The lowest BCUT2D eigenvalue weighted by Gasteiger charge is -2.17. The van der Waals surface area contributed by atoms with Gasteiger partial charge in [0.05, 0.1) is 12.1 Å². The van der Waals surface area contributed by atoms with Gasteiger partial charge in [-0.1, -0.05) is 12.0 Å². The minimum absolute atomic E-state index is 0.0515. The van der Waals surface area contributed by atoms with Gasteiger partial charge in [-0.2, -0.15) is 0 Å². The van der Waals surface area contributed by atoms with Crippen molar-refractivity contribution >= 4 is 0 Å². The van der Waals surface area contributed by atoms with E-state index >= 15 is 0 Å². The fourth-order valence-corrected chi connectivity index (χ4v) is 2.04. The zero-order chi connectivity index (χ0) is 13.1. The predicted molar refractivity (Wildman–Crippen MR) is 63.1 cm³/mol. The molecule has 8 heteroatoms. The highest BCUT2D eigenvalue weighted by atomic mass is 16.5.